The Labute approximate surface area is 302 Å². The standard InChI is InChI=1S/C34H51IN8O6/c1-20(2)30(41-34(47)49-4)32(45)42(15-13-35)19-28-36-17-26(38-28)22-9-7-21(8-10-22)23-11-12-24-25(16-23)40-31(39-24)27-6-5-14-43(27)29(44)18-37-33(46)48-3/h7,9,16,20,26-28,30-31,36,38-40H,5-6,8,10-15,17-19H2,1-4H3,(H,37,46)(H,41,47)/t26?,27-,28?,30-,31?/m0/s1. The van der Waals surface area contributed by atoms with Crippen LogP contribution in [0.3, 0.4) is 0 Å². The van der Waals surface area contributed by atoms with Crippen LogP contribution in [0, 0.1) is 5.92 Å². The van der Waals surface area contributed by atoms with E-state index in [4.69, 9.17) is 4.74 Å². The average molecular weight is 795 g/mol. The van der Waals surface area contributed by atoms with Crippen molar-refractivity contribution in [1.29, 1.82) is 0 Å². The van der Waals surface area contributed by atoms with Crippen molar-refractivity contribution in [3.8, 4) is 0 Å². The molecular formula is C34H51IN8O6. The molecule has 3 unspecified atom stereocenters. The Hall–Kier alpha value is -3.31. The van der Waals surface area contributed by atoms with E-state index in [0.29, 0.717) is 19.6 Å². The van der Waals surface area contributed by atoms with Crippen molar-refractivity contribution < 1.29 is 28.7 Å². The van der Waals surface area contributed by atoms with E-state index in [1.165, 1.54) is 36.6 Å². The van der Waals surface area contributed by atoms with Gasteiger partial charge in [-0.15, -0.1) is 0 Å². The third-order valence-electron chi connectivity index (χ3n) is 9.98. The zero-order valence-corrected chi connectivity index (χ0v) is 31.1. The Morgan fingerprint density at radius 1 is 1.04 bits per heavy atom. The molecule has 4 amide bonds. The SMILES string of the molecule is COC(=O)NCC(=O)N1CCC[C@H]1C1NC2=C(CCC(C3=CC=C(C4CNC(CN(CCI)C(=O)[C@@H](NC(=O)OC)C(C)C)N4)CC3)=C2)N1. The van der Waals surface area contributed by atoms with E-state index in [0.717, 1.165) is 55.2 Å². The van der Waals surface area contributed by atoms with E-state index in [-0.39, 0.29) is 48.7 Å². The van der Waals surface area contributed by atoms with Gasteiger partial charge in [0, 0.05) is 42.3 Å². The first kappa shape index (κ1) is 37.0. The van der Waals surface area contributed by atoms with Crippen molar-refractivity contribution in [3.63, 3.8) is 0 Å². The van der Waals surface area contributed by atoms with Crippen LogP contribution >= 0.6 is 22.6 Å². The molecule has 5 rings (SSSR count). The lowest BCUT2D eigenvalue weighted by molar-refractivity contribution is -0.134. The maximum atomic E-state index is 13.5. The minimum Gasteiger partial charge on any atom is -0.453 e. The smallest absolute Gasteiger partial charge is 0.407 e. The Morgan fingerprint density at radius 2 is 1.82 bits per heavy atom. The van der Waals surface area contributed by atoms with E-state index in [2.05, 4.69) is 77.5 Å². The number of amides is 4. The summed E-state index contributed by atoms with van der Waals surface area (Å²) in [5, 5.41) is 19.8. The Bertz CT molecular complexity index is 1400. The number of alkyl carbamates (subject to hydrolysis) is 2. The maximum Gasteiger partial charge on any atom is 0.407 e. The zero-order valence-electron chi connectivity index (χ0n) is 28.9. The molecule has 0 saturated carbocycles. The molecule has 14 nitrogen and oxygen atoms in total. The molecule has 0 aromatic rings. The number of alkyl halides is 1. The summed E-state index contributed by atoms with van der Waals surface area (Å²) >= 11 is 2.28. The van der Waals surface area contributed by atoms with Crippen molar-refractivity contribution in [2.24, 2.45) is 5.92 Å². The lowest BCUT2D eigenvalue weighted by atomic mass is 9.86. The van der Waals surface area contributed by atoms with Gasteiger partial charge in [0.25, 0.3) is 0 Å². The molecule has 3 heterocycles. The van der Waals surface area contributed by atoms with E-state index in [9.17, 15) is 19.2 Å². The van der Waals surface area contributed by atoms with Crippen LogP contribution in [0.25, 0.3) is 0 Å². The van der Waals surface area contributed by atoms with Gasteiger partial charge in [0.1, 0.15) is 18.8 Å². The van der Waals surface area contributed by atoms with Crippen LogP contribution in [-0.4, -0.2) is 116 Å². The van der Waals surface area contributed by atoms with Gasteiger partial charge < -0.3 is 40.5 Å². The molecule has 0 aromatic carbocycles. The van der Waals surface area contributed by atoms with Crippen molar-refractivity contribution in [1.82, 2.24) is 41.7 Å². The molecule has 2 saturated heterocycles. The fourth-order valence-corrected chi connectivity index (χ4v) is 7.89. The van der Waals surface area contributed by atoms with Gasteiger partial charge in [-0.3, -0.25) is 20.2 Å². The molecule has 2 aliphatic carbocycles. The van der Waals surface area contributed by atoms with Crippen LogP contribution in [-0.2, 0) is 19.1 Å². The molecule has 270 valence electrons. The van der Waals surface area contributed by atoms with Crippen molar-refractivity contribution in [3.05, 3.63) is 46.3 Å². The number of carbonyl (C=O) groups excluding carboxylic acids is 4. The average Bonchev–Trinajstić information content (AvgIpc) is 3.88. The number of hydrogen-bond acceptors (Lipinski definition) is 10. The summed E-state index contributed by atoms with van der Waals surface area (Å²) in [6.07, 6.45) is 11.1. The first-order valence-electron chi connectivity index (χ1n) is 17.3. The number of carbonyl (C=O) groups is 4. The fourth-order valence-electron chi connectivity index (χ4n) is 7.31. The second-order valence-electron chi connectivity index (χ2n) is 13.4. The Morgan fingerprint density at radius 3 is 2.51 bits per heavy atom. The van der Waals surface area contributed by atoms with Gasteiger partial charge in [-0.25, -0.2) is 9.59 Å². The van der Waals surface area contributed by atoms with Crippen LogP contribution in [0.2, 0.25) is 0 Å². The number of allylic oxidation sites excluding steroid dienone is 6. The molecule has 49 heavy (non-hydrogen) atoms. The highest BCUT2D eigenvalue weighted by molar-refractivity contribution is 14.1. The summed E-state index contributed by atoms with van der Waals surface area (Å²) in [6, 6.07) is -0.461. The molecule has 2 fully saturated rings. The van der Waals surface area contributed by atoms with Crippen LogP contribution in [0.1, 0.15) is 52.4 Å². The molecule has 0 bridgehead atoms. The number of methoxy groups -OCH3 is 2. The highest BCUT2D eigenvalue weighted by atomic mass is 127. The number of nitrogens with zero attached hydrogens (tertiary/aromatic N) is 2. The molecule has 5 atom stereocenters. The van der Waals surface area contributed by atoms with Crippen molar-refractivity contribution >= 4 is 46.6 Å². The number of hydrogen-bond donors (Lipinski definition) is 6. The van der Waals surface area contributed by atoms with Gasteiger partial charge in [-0.1, -0.05) is 54.2 Å². The van der Waals surface area contributed by atoms with E-state index < -0.39 is 18.2 Å². The largest absolute Gasteiger partial charge is 0.453 e. The minimum absolute atomic E-state index is 0.00469. The summed E-state index contributed by atoms with van der Waals surface area (Å²) in [5.74, 6) is -0.285. The van der Waals surface area contributed by atoms with Gasteiger partial charge in [-0.05, 0) is 61.7 Å². The van der Waals surface area contributed by atoms with Gasteiger partial charge in [-0.2, -0.15) is 0 Å². The first-order chi connectivity index (χ1) is 23.6. The first-order valence-corrected chi connectivity index (χ1v) is 18.8. The van der Waals surface area contributed by atoms with Crippen LogP contribution in [0.5, 0.6) is 0 Å². The number of ether oxygens (including phenoxy) is 2. The topological polar surface area (TPSA) is 165 Å². The second kappa shape index (κ2) is 17.1. The molecule has 5 aliphatic rings. The Kier molecular flexibility index (Phi) is 12.9. The summed E-state index contributed by atoms with van der Waals surface area (Å²) in [5.41, 5.74) is 6.34. The summed E-state index contributed by atoms with van der Waals surface area (Å²) < 4.78 is 10.1. The van der Waals surface area contributed by atoms with Gasteiger partial charge in [0.15, 0.2) is 0 Å². The molecule has 0 radical (unpaired) electrons. The third kappa shape index (κ3) is 9.08. The van der Waals surface area contributed by atoms with Gasteiger partial charge >= 0.3 is 12.2 Å². The minimum atomic E-state index is -0.650. The van der Waals surface area contributed by atoms with Crippen molar-refractivity contribution in [2.75, 3.05) is 51.4 Å². The molecule has 0 aromatic heterocycles. The summed E-state index contributed by atoms with van der Waals surface area (Å²) in [6.45, 7) is 6.32. The summed E-state index contributed by atoms with van der Waals surface area (Å²) in [7, 11) is 2.59. The monoisotopic (exact) mass is 794 g/mol. The maximum absolute atomic E-state index is 13.5. The van der Waals surface area contributed by atoms with E-state index in [1.807, 2.05) is 23.6 Å². The number of nitrogens with one attached hydrogen (secondary N) is 6. The van der Waals surface area contributed by atoms with Crippen LogP contribution in [0.4, 0.5) is 9.59 Å². The van der Waals surface area contributed by atoms with Crippen molar-refractivity contribution in [2.45, 2.75) is 82.8 Å². The lowest BCUT2D eigenvalue weighted by Crippen LogP contribution is -2.55. The molecule has 15 heteroatoms. The third-order valence-corrected chi connectivity index (χ3v) is 10.5. The quantitative estimate of drug-likeness (QED) is 0.127. The zero-order chi connectivity index (χ0) is 35.1. The molecule has 3 aliphatic heterocycles. The predicted octanol–water partition coefficient (Wildman–Crippen LogP) is 1.96. The Balaban J connectivity index is 1.15. The van der Waals surface area contributed by atoms with Crippen LogP contribution < -0.4 is 31.9 Å². The summed E-state index contributed by atoms with van der Waals surface area (Å²) in [4.78, 5) is 53.4. The fraction of sp³-hybridized carbons (Fsp3) is 0.647. The van der Waals surface area contributed by atoms with Gasteiger partial charge in [0.05, 0.1) is 32.1 Å². The highest BCUT2D eigenvalue weighted by Gasteiger charge is 2.39. The molecule has 0 spiro atoms. The van der Waals surface area contributed by atoms with E-state index in [1.54, 1.807) is 0 Å². The van der Waals surface area contributed by atoms with Crippen LogP contribution in [0.15, 0.2) is 46.3 Å². The number of halogens is 1. The second-order valence-corrected chi connectivity index (χ2v) is 14.5. The van der Waals surface area contributed by atoms with E-state index >= 15 is 0 Å². The highest BCUT2D eigenvalue weighted by Crippen LogP contribution is 2.35. The molecular weight excluding hydrogens is 743 g/mol. The predicted molar refractivity (Wildman–Crippen MR) is 193 cm³/mol. The number of rotatable bonds is 12. The molecule has 6 N–H and O–H groups in total. The van der Waals surface area contributed by atoms with Gasteiger partial charge in [0.2, 0.25) is 11.8 Å². The normalized spacial score (nSPS) is 25.3. The number of likely N-dealkylation sites (tertiary alicyclic amines) is 1. The lowest BCUT2D eigenvalue weighted by Gasteiger charge is -2.31.